The topological polar surface area (TPSA) is 49.8 Å². The Labute approximate surface area is 88.9 Å². The van der Waals surface area contributed by atoms with Crippen molar-refractivity contribution < 1.29 is 0 Å². The van der Waals surface area contributed by atoms with E-state index in [1.807, 2.05) is 24.3 Å². The average molecular weight is 196 g/mol. The van der Waals surface area contributed by atoms with Crippen molar-refractivity contribution in [2.24, 2.45) is 5.73 Å². The van der Waals surface area contributed by atoms with Crippen LogP contribution in [-0.4, -0.2) is 0 Å². The number of nitriles is 1. The quantitative estimate of drug-likeness (QED) is 0.802. The molecular formula is C13H12N2. The van der Waals surface area contributed by atoms with E-state index in [1.165, 1.54) is 10.8 Å². The van der Waals surface area contributed by atoms with Gasteiger partial charge in [0.05, 0.1) is 12.5 Å². The lowest BCUT2D eigenvalue weighted by molar-refractivity contribution is 0.750. The zero-order chi connectivity index (χ0) is 10.7. The van der Waals surface area contributed by atoms with E-state index in [0.717, 1.165) is 5.56 Å². The highest BCUT2D eigenvalue weighted by atomic mass is 14.6. The van der Waals surface area contributed by atoms with Crippen LogP contribution in [0.25, 0.3) is 10.8 Å². The van der Waals surface area contributed by atoms with Gasteiger partial charge in [-0.05, 0) is 22.4 Å². The second kappa shape index (κ2) is 4.12. The molecular weight excluding hydrogens is 184 g/mol. The third-order valence-corrected chi connectivity index (χ3v) is 2.51. The molecule has 0 radical (unpaired) electrons. The first-order chi connectivity index (χ1) is 7.31. The van der Waals surface area contributed by atoms with Crippen molar-refractivity contribution in [3.63, 3.8) is 0 Å². The molecule has 0 saturated carbocycles. The van der Waals surface area contributed by atoms with Gasteiger partial charge in [0, 0.05) is 6.04 Å². The van der Waals surface area contributed by atoms with Crippen LogP contribution in [-0.2, 0) is 0 Å². The molecule has 2 aromatic carbocycles. The highest BCUT2D eigenvalue weighted by Gasteiger charge is 2.05. The van der Waals surface area contributed by atoms with Crippen LogP contribution in [0.5, 0.6) is 0 Å². The van der Waals surface area contributed by atoms with Crippen molar-refractivity contribution in [1.82, 2.24) is 0 Å². The molecule has 15 heavy (non-hydrogen) atoms. The molecule has 0 fully saturated rings. The zero-order valence-electron chi connectivity index (χ0n) is 8.35. The van der Waals surface area contributed by atoms with Crippen molar-refractivity contribution in [1.29, 1.82) is 5.26 Å². The summed E-state index contributed by atoms with van der Waals surface area (Å²) in [6.07, 6.45) is 0.359. The summed E-state index contributed by atoms with van der Waals surface area (Å²) < 4.78 is 0. The summed E-state index contributed by atoms with van der Waals surface area (Å²) in [5.41, 5.74) is 6.90. The van der Waals surface area contributed by atoms with Gasteiger partial charge in [0.2, 0.25) is 0 Å². The van der Waals surface area contributed by atoms with E-state index in [0.29, 0.717) is 6.42 Å². The zero-order valence-corrected chi connectivity index (χ0v) is 8.35. The first kappa shape index (κ1) is 9.70. The molecule has 0 unspecified atom stereocenters. The van der Waals surface area contributed by atoms with Crippen LogP contribution < -0.4 is 5.73 Å². The van der Waals surface area contributed by atoms with Crippen LogP contribution in [0.1, 0.15) is 18.0 Å². The fraction of sp³-hybridized carbons (Fsp3) is 0.154. The minimum Gasteiger partial charge on any atom is -0.323 e. The maximum absolute atomic E-state index is 8.58. The average Bonchev–Trinajstić information content (AvgIpc) is 2.29. The predicted molar refractivity (Wildman–Crippen MR) is 61.1 cm³/mol. The Bertz CT molecular complexity index is 511. The summed E-state index contributed by atoms with van der Waals surface area (Å²) in [5.74, 6) is 0. The van der Waals surface area contributed by atoms with Gasteiger partial charge in [-0.2, -0.15) is 5.26 Å². The Morgan fingerprint density at radius 3 is 2.60 bits per heavy atom. The predicted octanol–water partition coefficient (Wildman–Crippen LogP) is 2.75. The van der Waals surface area contributed by atoms with Crippen LogP contribution in [0.4, 0.5) is 0 Å². The smallest absolute Gasteiger partial charge is 0.0641 e. The molecule has 0 aliphatic carbocycles. The number of benzene rings is 2. The van der Waals surface area contributed by atoms with E-state index < -0.39 is 0 Å². The molecule has 74 valence electrons. The molecule has 0 bridgehead atoms. The molecule has 0 amide bonds. The Kier molecular flexibility index (Phi) is 2.66. The van der Waals surface area contributed by atoms with Crippen LogP contribution in [0.3, 0.4) is 0 Å². The minimum absolute atomic E-state index is 0.181. The molecule has 0 heterocycles. The Balaban J connectivity index is 2.43. The molecule has 0 aliphatic rings. The molecule has 0 aromatic heterocycles. The normalized spacial score (nSPS) is 12.3. The van der Waals surface area contributed by atoms with Gasteiger partial charge < -0.3 is 5.73 Å². The van der Waals surface area contributed by atoms with Crippen molar-refractivity contribution in [2.75, 3.05) is 0 Å². The number of nitrogens with zero attached hydrogens (tertiary/aromatic N) is 1. The number of hydrogen-bond acceptors (Lipinski definition) is 2. The lowest BCUT2D eigenvalue weighted by Gasteiger charge is -2.08. The molecule has 2 heteroatoms. The van der Waals surface area contributed by atoms with Gasteiger partial charge in [-0.15, -0.1) is 0 Å². The first-order valence-corrected chi connectivity index (χ1v) is 4.92. The minimum atomic E-state index is -0.181. The third kappa shape index (κ3) is 1.98. The fourth-order valence-corrected chi connectivity index (χ4v) is 1.65. The molecule has 2 nitrogen and oxygen atoms in total. The molecule has 0 aliphatic heterocycles. The van der Waals surface area contributed by atoms with E-state index in [2.05, 4.69) is 24.3 Å². The van der Waals surface area contributed by atoms with Crippen LogP contribution in [0, 0.1) is 11.3 Å². The SMILES string of the molecule is N#CC[C@H](N)c1ccc2ccccc2c1. The largest absolute Gasteiger partial charge is 0.323 e. The van der Waals surface area contributed by atoms with Gasteiger partial charge in [0.15, 0.2) is 0 Å². The van der Waals surface area contributed by atoms with E-state index in [9.17, 15) is 0 Å². The summed E-state index contributed by atoms with van der Waals surface area (Å²) in [5, 5.41) is 11.0. The number of nitrogens with two attached hydrogens (primary N) is 1. The maximum atomic E-state index is 8.58. The van der Waals surface area contributed by atoms with E-state index in [-0.39, 0.29) is 6.04 Å². The molecule has 1 atom stereocenters. The summed E-state index contributed by atoms with van der Waals surface area (Å²) in [6, 6.07) is 16.1. The molecule has 0 spiro atoms. The van der Waals surface area contributed by atoms with Crippen molar-refractivity contribution in [3.8, 4) is 6.07 Å². The van der Waals surface area contributed by atoms with Gasteiger partial charge in [-0.25, -0.2) is 0 Å². The Morgan fingerprint density at radius 1 is 1.13 bits per heavy atom. The highest BCUT2D eigenvalue weighted by molar-refractivity contribution is 5.83. The molecule has 2 aromatic rings. The summed E-state index contributed by atoms with van der Waals surface area (Å²) in [7, 11) is 0. The monoisotopic (exact) mass is 196 g/mol. The van der Waals surface area contributed by atoms with Crippen molar-refractivity contribution in [2.45, 2.75) is 12.5 Å². The van der Waals surface area contributed by atoms with Crippen LogP contribution in [0.2, 0.25) is 0 Å². The second-order valence-corrected chi connectivity index (χ2v) is 3.58. The van der Waals surface area contributed by atoms with Crippen LogP contribution in [0.15, 0.2) is 42.5 Å². The van der Waals surface area contributed by atoms with Crippen LogP contribution >= 0.6 is 0 Å². The maximum Gasteiger partial charge on any atom is 0.0641 e. The Morgan fingerprint density at radius 2 is 1.87 bits per heavy atom. The standard InChI is InChI=1S/C13H12N2/c14-8-7-13(15)12-6-5-10-3-1-2-4-11(10)9-12/h1-6,9,13H,7,15H2/t13-/m0/s1. The summed E-state index contributed by atoms with van der Waals surface area (Å²) in [6.45, 7) is 0. The van der Waals surface area contributed by atoms with Crippen molar-refractivity contribution in [3.05, 3.63) is 48.0 Å². The van der Waals surface area contributed by atoms with Crippen molar-refractivity contribution >= 4 is 10.8 Å². The molecule has 2 rings (SSSR count). The third-order valence-electron chi connectivity index (χ3n) is 2.51. The van der Waals surface area contributed by atoms with Gasteiger partial charge >= 0.3 is 0 Å². The number of rotatable bonds is 2. The highest BCUT2D eigenvalue weighted by Crippen LogP contribution is 2.20. The lowest BCUT2D eigenvalue weighted by atomic mass is 10.0. The van der Waals surface area contributed by atoms with E-state index >= 15 is 0 Å². The first-order valence-electron chi connectivity index (χ1n) is 4.92. The number of fused-ring (bicyclic) bond motifs is 1. The molecule has 2 N–H and O–H groups in total. The lowest BCUT2D eigenvalue weighted by Crippen LogP contribution is -2.08. The summed E-state index contributed by atoms with van der Waals surface area (Å²) >= 11 is 0. The van der Waals surface area contributed by atoms with E-state index in [4.69, 9.17) is 11.0 Å². The fourth-order valence-electron chi connectivity index (χ4n) is 1.65. The van der Waals surface area contributed by atoms with E-state index in [1.54, 1.807) is 0 Å². The molecule has 0 saturated heterocycles. The number of hydrogen-bond donors (Lipinski definition) is 1. The Hall–Kier alpha value is -1.85. The second-order valence-electron chi connectivity index (χ2n) is 3.58. The van der Waals surface area contributed by atoms with Gasteiger partial charge in [-0.3, -0.25) is 0 Å². The van der Waals surface area contributed by atoms with Gasteiger partial charge in [0.25, 0.3) is 0 Å². The van der Waals surface area contributed by atoms with Gasteiger partial charge in [-0.1, -0.05) is 36.4 Å². The van der Waals surface area contributed by atoms with Gasteiger partial charge in [0.1, 0.15) is 0 Å². The summed E-state index contributed by atoms with van der Waals surface area (Å²) in [4.78, 5) is 0.